The number of halogens is 1. The monoisotopic (exact) mass is 485 g/mol. The predicted octanol–water partition coefficient (Wildman–Crippen LogP) is 7.94. The minimum atomic E-state index is -0.574. The number of ether oxygens (including phenoxy) is 1. The van der Waals surface area contributed by atoms with Crippen LogP contribution in [-0.4, -0.2) is 0 Å². The number of hydrogen-bond acceptors (Lipinski definition) is 2. The molecule has 0 radical (unpaired) electrons. The Morgan fingerprint density at radius 1 is 0.667 bits per heavy atom. The number of nitriles is 1. The van der Waals surface area contributed by atoms with E-state index >= 15 is 0 Å². The number of fused-ring (bicyclic) bond motifs is 11. The minimum absolute atomic E-state index is 0.574. The van der Waals surface area contributed by atoms with E-state index in [0.717, 1.165) is 43.4 Å². The van der Waals surface area contributed by atoms with Crippen LogP contribution >= 0.6 is 15.9 Å². The molecule has 5 aromatic rings. The highest BCUT2D eigenvalue weighted by Crippen LogP contribution is 2.63. The Bertz CT molecular complexity index is 1630. The average molecular weight is 486 g/mol. The van der Waals surface area contributed by atoms with E-state index in [1.807, 2.05) is 36.4 Å². The van der Waals surface area contributed by atoms with Crippen molar-refractivity contribution < 1.29 is 4.74 Å². The van der Waals surface area contributed by atoms with E-state index in [0.29, 0.717) is 5.56 Å². The summed E-state index contributed by atoms with van der Waals surface area (Å²) in [6.07, 6.45) is 0. The predicted molar refractivity (Wildman–Crippen MR) is 134 cm³/mol. The summed E-state index contributed by atoms with van der Waals surface area (Å²) < 4.78 is 7.42. The molecule has 1 aliphatic heterocycles. The largest absolute Gasteiger partial charge is 0.457 e. The molecule has 0 saturated carbocycles. The Hall–Kier alpha value is -3.87. The van der Waals surface area contributed by atoms with Gasteiger partial charge in [0.2, 0.25) is 0 Å². The zero-order valence-corrected chi connectivity index (χ0v) is 19.1. The number of hydrogen-bond donors (Lipinski definition) is 0. The van der Waals surface area contributed by atoms with Crippen LogP contribution in [0.5, 0.6) is 11.5 Å². The fourth-order valence-electron chi connectivity index (χ4n) is 5.82. The second-order valence-electron chi connectivity index (χ2n) is 8.54. The second-order valence-corrected chi connectivity index (χ2v) is 9.45. The molecule has 0 fully saturated rings. The highest BCUT2D eigenvalue weighted by Gasteiger charge is 2.51. The molecule has 0 unspecified atom stereocenters. The SMILES string of the molecule is N#Cc1cc2c(c3ccccc13)-c1ccc(Br)cc1C21c2ccccc2Oc2ccccc21. The van der Waals surface area contributed by atoms with Crippen LogP contribution in [0.1, 0.15) is 27.8 Å². The molecule has 0 amide bonds. The van der Waals surface area contributed by atoms with E-state index < -0.39 is 5.41 Å². The van der Waals surface area contributed by atoms with Gasteiger partial charge in [0.25, 0.3) is 0 Å². The molecular formula is C30H16BrNO. The summed E-state index contributed by atoms with van der Waals surface area (Å²) in [5.41, 5.74) is 7.04. The van der Waals surface area contributed by atoms with Gasteiger partial charge in [-0.25, -0.2) is 0 Å². The van der Waals surface area contributed by atoms with Gasteiger partial charge in [-0.05, 0) is 58.0 Å². The van der Waals surface area contributed by atoms with Gasteiger partial charge in [0.15, 0.2) is 0 Å². The molecule has 1 spiro atoms. The summed E-state index contributed by atoms with van der Waals surface area (Å²) in [6, 6.07) is 35.9. The maximum Gasteiger partial charge on any atom is 0.132 e. The first-order chi connectivity index (χ1) is 16.2. The zero-order valence-electron chi connectivity index (χ0n) is 17.5. The lowest BCUT2D eigenvalue weighted by atomic mass is 9.66. The highest BCUT2D eigenvalue weighted by molar-refractivity contribution is 9.10. The molecule has 154 valence electrons. The van der Waals surface area contributed by atoms with Crippen molar-refractivity contribution in [1.29, 1.82) is 5.26 Å². The van der Waals surface area contributed by atoms with Crippen LogP contribution in [0.2, 0.25) is 0 Å². The molecule has 0 aromatic heterocycles. The molecule has 0 saturated heterocycles. The normalized spacial score (nSPS) is 14.1. The van der Waals surface area contributed by atoms with Crippen LogP contribution < -0.4 is 4.74 Å². The number of rotatable bonds is 0. The fraction of sp³-hybridized carbons (Fsp3) is 0.0333. The van der Waals surface area contributed by atoms with Crippen molar-refractivity contribution in [3.8, 4) is 28.7 Å². The Balaban J connectivity index is 1.78. The maximum atomic E-state index is 10.1. The summed E-state index contributed by atoms with van der Waals surface area (Å²) in [5.74, 6) is 1.70. The Morgan fingerprint density at radius 2 is 1.30 bits per heavy atom. The average Bonchev–Trinajstić information content (AvgIpc) is 3.14. The summed E-state index contributed by atoms with van der Waals surface area (Å²) in [4.78, 5) is 0. The molecule has 0 N–H and O–H groups in total. The minimum Gasteiger partial charge on any atom is -0.457 e. The molecule has 0 atom stereocenters. The molecule has 5 aromatic carbocycles. The van der Waals surface area contributed by atoms with Gasteiger partial charge in [-0.3, -0.25) is 0 Å². The molecule has 3 heteroatoms. The van der Waals surface area contributed by atoms with E-state index in [4.69, 9.17) is 4.74 Å². The lowest BCUT2D eigenvalue weighted by Gasteiger charge is -2.39. The van der Waals surface area contributed by atoms with Crippen LogP contribution in [0.4, 0.5) is 0 Å². The van der Waals surface area contributed by atoms with Crippen molar-refractivity contribution in [3.05, 3.63) is 129 Å². The Kier molecular flexibility index (Phi) is 3.72. The van der Waals surface area contributed by atoms with Crippen molar-refractivity contribution in [2.75, 3.05) is 0 Å². The van der Waals surface area contributed by atoms with Crippen molar-refractivity contribution >= 4 is 26.7 Å². The van der Waals surface area contributed by atoms with E-state index in [-0.39, 0.29) is 0 Å². The third kappa shape index (κ3) is 2.26. The van der Waals surface area contributed by atoms with Crippen molar-refractivity contribution in [1.82, 2.24) is 0 Å². The second kappa shape index (κ2) is 6.57. The molecule has 2 aliphatic rings. The Labute approximate surface area is 199 Å². The van der Waals surface area contributed by atoms with Crippen molar-refractivity contribution in [3.63, 3.8) is 0 Å². The van der Waals surface area contributed by atoms with E-state index in [2.05, 4.69) is 82.7 Å². The lowest BCUT2D eigenvalue weighted by molar-refractivity contribution is 0.436. The van der Waals surface area contributed by atoms with Gasteiger partial charge in [0, 0.05) is 21.0 Å². The maximum absolute atomic E-state index is 10.1. The van der Waals surface area contributed by atoms with E-state index in [1.54, 1.807) is 0 Å². The molecule has 2 nitrogen and oxygen atoms in total. The van der Waals surface area contributed by atoms with Crippen molar-refractivity contribution in [2.24, 2.45) is 0 Å². The van der Waals surface area contributed by atoms with E-state index in [9.17, 15) is 5.26 Å². The summed E-state index contributed by atoms with van der Waals surface area (Å²) in [7, 11) is 0. The topological polar surface area (TPSA) is 33.0 Å². The van der Waals surface area contributed by atoms with Gasteiger partial charge in [-0.2, -0.15) is 5.26 Å². The molecular weight excluding hydrogens is 470 g/mol. The van der Waals surface area contributed by atoms with Crippen LogP contribution in [0.25, 0.3) is 21.9 Å². The van der Waals surface area contributed by atoms with Gasteiger partial charge >= 0.3 is 0 Å². The van der Waals surface area contributed by atoms with Gasteiger partial charge < -0.3 is 4.74 Å². The van der Waals surface area contributed by atoms with Gasteiger partial charge in [0.1, 0.15) is 11.5 Å². The summed E-state index contributed by atoms with van der Waals surface area (Å²) in [5, 5.41) is 12.2. The Morgan fingerprint density at radius 3 is 2.00 bits per heavy atom. The third-order valence-corrected chi connectivity index (χ3v) is 7.52. The van der Waals surface area contributed by atoms with Gasteiger partial charge in [0.05, 0.1) is 17.0 Å². The fourth-order valence-corrected chi connectivity index (χ4v) is 6.18. The summed E-state index contributed by atoms with van der Waals surface area (Å²) >= 11 is 3.73. The summed E-state index contributed by atoms with van der Waals surface area (Å²) in [6.45, 7) is 0. The highest BCUT2D eigenvalue weighted by atomic mass is 79.9. The number of nitrogens with zero attached hydrogens (tertiary/aromatic N) is 1. The first-order valence-electron chi connectivity index (χ1n) is 10.9. The molecule has 33 heavy (non-hydrogen) atoms. The lowest BCUT2D eigenvalue weighted by Crippen LogP contribution is -2.32. The van der Waals surface area contributed by atoms with Crippen molar-refractivity contribution in [2.45, 2.75) is 5.41 Å². The molecule has 1 heterocycles. The molecule has 0 bridgehead atoms. The number of para-hydroxylation sites is 2. The first kappa shape index (κ1) is 18.7. The van der Waals surface area contributed by atoms with E-state index in [1.165, 1.54) is 16.7 Å². The van der Waals surface area contributed by atoms with Crippen LogP contribution in [0.15, 0.2) is 102 Å². The number of benzene rings is 5. The third-order valence-electron chi connectivity index (χ3n) is 7.03. The first-order valence-corrected chi connectivity index (χ1v) is 11.7. The van der Waals surface area contributed by atoms with Crippen LogP contribution in [0.3, 0.4) is 0 Å². The van der Waals surface area contributed by atoms with Crippen LogP contribution in [0, 0.1) is 11.3 Å². The molecule has 1 aliphatic carbocycles. The van der Waals surface area contributed by atoms with Gasteiger partial charge in [-0.1, -0.05) is 82.7 Å². The standard InChI is InChI=1S/C30H16BrNO/c31-19-13-14-22-25(16-19)30(26-15-18(17-32)20-7-1-2-8-21(20)29(22)26)23-9-3-5-11-27(23)33-28-12-6-4-10-24(28)30/h1-16H. The van der Waals surface area contributed by atoms with Gasteiger partial charge in [-0.15, -0.1) is 0 Å². The quantitative estimate of drug-likeness (QED) is 0.218. The zero-order chi connectivity index (χ0) is 22.2. The smallest absolute Gasteiger partial charge is 0.132 e. The molecule has 7 rings (SSSR count). The van der Waals surface area contributed by atoms with Crippen LogP contribution in [-0.2, 0) is 5.41 Å².